The normalized spacial score (nSPS) is 14.2. The molecular formula is C63H122O17P2. The first kappa shape index (κ1) is 80.1. The van der Waals surface area contributed by atoms with Crippen molar-refractivity contribution >= 4 is 39.5 Å². The summed E-state index contributed by atoms with van der Waals surface area (Å²) in [5.41, 5.74) is 0. The molecule has 3 N–H and O–H groups in total. The maximum absolute atomic E-state index is 13.0. The Balaban J connectivity index is 5.14. The van der Waals surface area contributed by atoms with E-state index in [1.807, 2.05) is 0 Å². The lowest BCUT2D eigenvalue weighted by Crippen LogP contribution is -2.30. The minimum Gasteiger partial charge on any atom is -0.462 e. The number of rotatable bonds is 64. The Morgan fingerprint density at radius 2 is 0.488 bits per heavy atom. The summed E-state index contributed by atoms with van der Waals surface area (Å²) >= 11 is 0. The molecule has 5 atom stereocenters. The molecule has 82 heavy (non-hydrogen) atoms. The fourth-order valence-corrected chi connectivity index (χ4v) is 11.0. The van der Waals surface area contributed by atoms with E-state index in [2.05, 4.69) is 27.7 Å². The first-order valence-electron chi connectivity index (χ1n) is 33.3. The van der Waals surface area contributed by atoms with Gasteiger partial charge in [-0.1, -0.05) is 272 Å². The minimum atomic E-state index is -4.94. The second-order valence-corrected chi connectivity index (χ2v) is 25.7. The standard InChI is InChI=1S/C63H122O17P2/c1-5-9-13-17-20-23-25-27-28-29-30-31-33-35-38-42-46-50-63(68)80-59(54-74-61(66)48-44-40-37-34-32-26-24-21-18-14-10-6-2)56-78-82(71,72)76-52-57(64)51-75-81(69,70)77-55-58(53-73-60(65)47-43-39-16-12-8-4)79-62(67)49-45-41-36-22-19-15-11-7-3/h57-59,64H,5-56H2,1-4H3,(H,69,70)(H,71,72)/t57-,58+,59+/m0/s1. The molecule has 0 aliphatic rings. The fraction of sp³-hybridized carbons (Fsp3) is 0.937. The Morgan fingerprint density at radius 1 is 0.293 bits per heavy atom. The van der Waals surface area contributed by atoms with Crippen LogP contribution >= 0.6 is 15.6 Å². The number of esters is 4. The van der Waals surface area contributed by atoms with Crippen LogP contribution in [0.2, 0.25) is 0 Å². The Morgan fingerprint density at radius 3 is 0.720 bits per heavy atom. The number of ether oxygens (including phenoxy) is 4. The smallest absolute Gasteiger partial charge is 0.462 e. The van der Waals surface area contributed by atoms with Gasteiger partial charge in [-0.25, -0.2) is 9.13 Å². The van der Waals surface area contributed by atoms with Crippen molar-refractivity contribution in [3.63, 3.8) is 0 Å². The van der Waals surface area contributed by atoms with Crippen LogP contribution in [0.5, 0.6) is 0 Å². The van der Waals surface area contributed by atoms with Crippen LogP contribution in [0.3, 0.4) is 0 Å². The highest BCUT2D eigenvalue weighted by Crippen LogP contribution is 2.45. The predicted molar refractivity (Wildman–Crippen MR) is 326 cm³/mol. The maximum Gasteiger partial charge on any atom is 0.472 e. The quantitative estimate of drug-likeness (QED) is 0.0222. The summed E-state index contributed by atoms with van der Waals surface area (Å²) in [4.78, 5) is 71.8. The van der Waals surface area contributed by atoms with Crippen LogP contribution in [-0.2, 0) is 65.4 Å². The summed E-state index contributed by atoms with van der Waals surface area (Å²) in [7, 11) is -9.87. The molecule has 0 bridgehead atoms. The number of aliphatic hydroxyl groups is 1. The lowest BCUT2D eigenvalue weighted by atomic mass is 10.0. The highest BCUT2D eigenvalue weighted by molar-refractivity contribution is 7.47. The number of hydrogen-bond donors (Lipinski definition) is 3. The molecule has 0 aliphatic carbocycles. The molecule has 0 aromatic heterocycles. The van der Waals surface area contributed by atoms with Crippen molar-refractivity contribution in [2.75, 3.05) is 39.6 Å². The molecule has 2 unspecified atom stereocenters. The number of phosphoric ester groups is 2. The minimum absolute atomic E-state index is 0.104. The van der Waals surface area contributed by atoms with Gasteiger partial charge in [-0.05, 0) is 25.7 Å². The SMILES string of the molecule is CCCCCCCCCCCCCCCCCCCC(=O)O[C@H](COC(=O)CCCCCCCCCCCCCC)COP(=O)(O)OC[C@@H](O)COP(=O)(O)OC[C@@H](COC(=O)CCCCCCC)OC(=O)CCCCCCCCCC. The molecule has 0 spiro atoms. The zero-order valence-electron chi connectivity index (χ0n) is 52.5. The molecule has 0 heterocycles. The third-order valence-corrected chi connectivity index (χ3v) is 16.5. The van der Waals surface area contributed by atoms with E-state index in [9.17, 15) is 43.2 Å². The molecule has 486 valence electrons. The third kappa shape index (κ3) is 57.2. The van der Waals surface area contributed by atoms with E-state index in [0.717, 1.165) is 103 Å². The molecule has 0 fully saturated rings. The summed E-state index contributed by atoms with van der Waals surface area (Å²) in [6.07, 6.45) is 43.5. The van der Waals surface area contributed by atoms with Gasteiger partial charge in [-0.3, -0.25) is 37.3 Å². The van der Waals surface area contributed by atoms with Crippen LogP contribution in [-0.4, -0.2) is 96.7 Å². The van der Waals surface area contributed by atoms with E-state index in [-0.39, 0.29) is 25.7 Å². The third-order valence-electron chi connectivity index (χ3n) is 14.6. The van der Waals surface area contributed by atoms with Gasteiger partial charge < -0.3 is 33.8 Å². The molecule has 0 aromatic rings. The molecule has 0 saturated carbocycles. The number of carbonyl (C=O) groups excluding carboxylic acids is 4. The summed E-state index contributed by atoms with van der Waals surface area (Å²) in [5.74, 6) is -2.15. The Hall–Kier alpha value is -1.94. The fourth-order valence-electron chi connectivity index (χ4n) is 9.46. The maximum atomic E-state index is 13.0. The van der Waals surface area contributed by atoms with E-state index in [1.54, 1.807) is 0 Å². The van der Waals surface area contributed by atoms with E-state index in [0.29, 0.717) is 25.7 Å². The monoisotopic (exact) mass is 1210 g/mol. The molecule has 0 aromatic carbocycles. The van der Waals surface area contributed by atoms with E-state index in [1.165, 1.54) is 141 Å². The van der Waals surface area contributed by atoms with Crippen LogP contribution in [0.4, 0.5) is 0 Å². The first-order chi connectivity index (χ1) is 39.7. The highest BCUT2D eigenvalue weighted by Gasteiger charge is 2.30. The van der Waals surface area contributed by atoms with Crippen molar-refractivity contribution in [1.29, 1.82) is 0 Å². The molecule has 0 aliphatic heterocycles. The van der Waals surface area contributed by atoms with Crippen LogP contribution in [0.1, 0.15) is 323 Å². The van der Waals surface area contributed by atoms with Gasteiger partial charge in [0.15, 0.2) is 12.2 Å². The van der Waals surface area contributed by atoms with Gasteiger partial charge in [-0.2, -0.15) is 0 Å². The summed E-state index contributed by atoms with van der Waals surface area (Å²) < 4.78 is 67.7. The second-order valence-electron chi connectivity index (χ2n) is 22.8. The van der Waals surface area contributed by atoms with E-state index in [4.69, 9.17) is 37.0 Å². The summed E-state index contributed by atoms with van der Waals surface area (Å²) in [6, 6.07) is 0. The lowest BCUT2D eigenvalue weighted by Gasteiger charge is -2.21. The van der Waals surface area contributed by atoms with Crippen LogP contribution in [0.25, 0.3) is 0 Å². The van der Waals surface area contributed by atoms with Crippen molar-refractivity contribution < 1.29 is 80.2 Å². The zero-order valence-corrected chi connectivity index (χ0v) is 54.2. The zero-order chi connectivity index (χ0) is 60.5. The second kappa shape index (κ2) is 58.1. The molecule has 0 amide bonds. The van der Waals surface area contributed by atoms with E-state index < -0.39 is 97.5 Å². The molecule has 0 radical (unpaired) electrons. The van der Waals surface area contributed by atoms with Gasteiger partial charge in [0.1, 0.15) is 19.3 Å². The van der Waals surface area contributed by atoms with Crippen molar-refractivity contribution in [2.45, 2.75) is 341 Å². The Labute approximate surface area is 498 Å². The average Bonchev–Trinajstić information content (AvgIpc) is 3.49. The molecular weight excluding hydrogens is 1090 g/mol. The topological polar surface area (TPSA) is 237 Å². The number of aliphatic hydroxyl groups excluding tert-OH is 1. The number of phosphoric acid groups is 2. The Bertz CT molecular complexity index is 1590. The van der Waals surface area contributed by atoms with Gasteiger partial charge in [0.05, 0.1) is 26.4 Å². The lowest BCUT2D eigenvalue weighted by molar-refractivity contribution is -0.161. The van der Waals surface area contributed by atoms with Crippen molar-refractivity contribution in [2.24, 2.45) is 0 Å². The van der Waals surface area contributed by atoms with Gasteiger partial charge in [0, 0.05) is 25.7 Å². The number of carbonyl (C=O) groups is 4. The van der Waals surface area contributed by atoms with Crippen LogP contribution in [0, 0.1) is 0 Å². The molecule has 0 rings (SSSR count). The van der Waals surface area contributed by atoms with Gasteiger partial charge >= 0.3 is 39.5 Å². The Kier molecular flexibility index (Phi) is 56.7. The van der Waals surface area contributed by atoms with Crippen LogP contribution in [0.15, 0.2) is 0 Å². The predicted octanol–water partition coefficient (Wildman–Crippen LogP) is 17.5. The van der Waals surface area contributed by atoms with Crippen molar-refractivity contribution in [3.05, 3.63) is 0 Å². The highest BCUT2D eigenvalue weighted by atomic mass is 31.2. The molecule has 19 heteroatoms. The summed E-state index contributed by atoms with van der Waals surface area (Å²) in [6.45, 7) is 4.78. The average molecular weight is 1210 g/mol. The molecule has 0 saturated heterocycles. The number of hydrogen-bond acceptors (Lipinski definition) is 15. The van der Waals surface area contributed by atoms with Gasteiger partial charge in [-0.15, -0.1) is 0 Å². The number of unbranched alkanes of at least 4 members (excludes halogenated alkanes) is 38. The summed E-state index contributed by atoms with van der Waals surface area (Å²) in [5, 5.41) is 10.5. The first-order valence-corrected chi connectivity index (χ1v) is 36.3. The van der Waals surface area contributed by atoms with Crippen LogP contribution < -0.4 is 0 Å². The van der Waals surface area contributed by atoms with Gasteiger partial charge in [0.2, 0.25) is 0 Å². The van der Waals surface area contributed by atoms with Gasteiger partial charge in [0.25, 0.3) is 0 Å². The van der Waals surface area contributed by atoms with E-state index >= 15 is 0 Å². The van der Waals surface area contributed by atoms with Crippen molar-refractivity contribution in [3.8, 4) is 0 Å². The largest absolute Gasteiger partial charge is 0.472 e. The van der Waals surface area contributed by atoms with Crippen molar-refractivity contribution in [1.82, 2.24) is 0 Å². The molecule has 17 nitrogen and oxygen atoms in total.